The summed E-state index contributed by atoms with van der Waals surface area (Å²) in [6.45, 7) is 5.73. The topological polar surface area (TPSA) is 50.5 Å². The summed E-state index contributed by atoms with van der Waals surface area (Å²) in [5, 5.41) is 1.37. The number of amidine groups is 1. The largest absolute Gasteiger partial charge is 0.416 e. The number of nitrogens with zero attached hydrogens (tertiary/aromatic N) is 4. The molecule has 1 aromatic heterocycles. The fourth-order valence-corrected chi connectivity index (χ4v) is 4.90. The lowest BCUT2D eigenvalue weighted by atomic mass is 10.0. The molecule has 0 aliphatic carbocycles. The number of hydrogen-bond donors (Lipinski definition) is 0. The molecule has 0 amide bonds. The van der Waals surface area contributed by atoms with Gasteiger partial charge in [0.1, 0.15) is 10.2 Å². The number of aromatic nitrogens is 2. The molecule has 2 rings (SSSR count). The van der Waals surface area contributed by atoms with Crippen LogP contribution < -0.4 is 0 Å². The number of rotatable bonds is 9. The van der Waals surface area contributed by atoms with Gasteiger partial charge in [-0.05, 0) is 24.6 Å². The molecule has 0 unspecified atom stereocenters. The lowest BCUT2D eigenvalue weighted by molar-refractivity contribution is -0.143. The van der Waals surface area contributed by atoms with Crippen molar-refractivity contribution in [2.24, 2.45) is 9.98 Å². The van der Waals surface area contributed by atoms with Crippen LogP contribution >= 0.6 is 35.1 Å². The van der Waals surface area contributed by atoms with Gasteiger partial charge in [-0.3, -0.25) is 4.99 Å². The van der Waals surface area contributed by atoms with Gasteiger partial charge in [0.25, 0.3) is 0 Å². The Kier molecular flexibility index (Phi) is 11.3. The average molecular weight is 569 g/mol. The molecule has 0 N–H and O–H groups in total. The van der Waals surface area contributed by atoms with Gasteiger partial charge in [-0.25, -0.2) is 15.0 Å². The van der Waals surface area contributed by atoms with E-state index in [9.17, 15) is 26.3 Å². The molecule has 0 atom stereocenters. The first kappa shape index (κ1) is 30.2. The Hall–Kier alpha value is -2.05. The molecular formula is C23H23ClF6N4S2. The van der Waals surface area contributed by atoms with E-state index in [0.717, 1.165) is 36.8 Å². The molecule has 0 aliphatic rings. The van der Waals surface area contributed by atoms with E-state index in [1.54, 1.807) is 0 Å². The van der Waals surface area contributed by atoms with Gasteiger partial charge in [0.05, 0.1) is 16.2 Å². The number of aliphatic imine (C=N–C) groups is 2. The second kappa shape index (κ2) is 13.5. The fraction of sp³-hybridized carbons (Fsp3) is 0.391. The van der Waals surface area contributed by atoms with Crippen LogP contribution in [0.4, 0.5) is 26.3 Å². The van der Waals surface area contributed by atoms with Crippen molar-refractivity contribution in [2.45, 2.75) is 55.1 Å². The summed E-state index contributed by atoms with van der Waals surface area (Å²) in [5.41, 5.74) is -3.32. The zero-order valence-corrected chi connectivity index (χ0v) is 21.8. The predicted octanol–water partition coefficient (Wildman–Crippen LogP) is 8.59. The number of alkyl halides is 6. The maximum atomic E-state index is 13.3. The Morgan fingerprint density at radius 2 is 1.67 bits per heavy atom. The van der Waals surface area contributed by atoms with Gasteiger partial charge < -0.3 is 0 Å². The van der Waals surface area contributed by atoms with Gasteiger partial charge in [0, 0.05) is 30.9 Å². The highest BCUT2D eigenvalue weighted by Gasteiger charge is 2.37. The zero-order valence-electron chi connectivity index (χ0n) is 19.4. The number of allylic oxidation sites excluding steroid dienone is 1. The van der Waals surface area contributed by atoms with E-state index >= 15 is 0 Å². The van der Waals surface area contributed by atoms with Crippen LogP contribution in [0.3, 0.4) is 0 Å². The van der Waals surface area contributed by atoms with Crippen molar-refractivity contribution in [1.29, 1.82) is 0 Å². The highest BCUT2D eigenvalue weighted by atomic mass is 35.5. The quantitative estimate of drug-likeness (QED) is 0.0444. The third-order valence-electron chi connectivity index (χ3n) is 4.46. The Bertz CT molecular complexity index is 1080. The molecule has 36 heavy (non-hydrogen) atoms. The molecule has 0 radical (unpaired) electrons. The summed E-state index contributed by atoms with van der Waals surface area (Å²) in [6, 6.07) is 2.73. The number of thioether (sulfide) groups is 2. The van der Waals surface area contributed by atoms with Crippen molar-refractivity contribution >= 4 is 46.0 Å². The van der Waals surface area contributed by atoms with E-state index < -0.39 is 29.0 Å². The van der Waals surface area contributed by atoms with Crippen molar-refractivity contribution in [1.82, 2.24) is 9.97 Å². The molecule has 13 heteroatoms. The number of hydrogen-bond acceptors (Lipinski definition) is 5. The van der Waals surface area contributed by atoms with E-state index in [4.69, 9.17) is 11.6 Å². The standard InChI is InChI=1S/C23H23ClF6N4S2/c1-4-6-7-9-35-21-32-17(24)13-19(34-21)36-18(8-5-2)33-20(31-3)14-10-15(22(25,26)27)12-16(11-14)23(28,29)30/h5,10-13H,2,4,6-9H2,1,3H3. The molecule has 1 aromatic carbocycles. The summed E-state index contributed by atoms with van der Waals surface area (Å²) in [7, 11) is 1.23. The lowest BCUT2D eigenvalue weighted by Crippen LogP contribution is -2.13. The Morgan fingerprint density at radius 1 is 1.03 bits per heavy atom. The van der Waals surface area contributed by atoms with Crippen LogP contribution in [0.5, 0.6) is 0 Å². The SMILES string of the molecule is C=CCC(=NC(=NC)c1cc(C(F)(F)F)cc(C(F)(F)F)c1)Sc1cc(Cl)nc(SCCCCC)n1. The van der Waals surface area contributed by atoms with E-state index in [1.807, 2.05) is 0 Å². The van der Waals surface area contributed by atoms with Gasteiger partial charge >= 0.3 is 12.4 Å². The van der Waals surface area contributed by atoms with E-state index in [0.29, 0.717) is 27.4 Å². The van der Waals surface area contributed by atoms with Crippen molar-refractivity contribution in [3.05, 3.63) is 58.8 Å². The molecule has 1 heterocycles. The third kappa shape index (κ3) is 9.44. The molecule has 196 valence electrons. The van der Waals surface area contributed by atoms with Gasteiger partial charge in [-0.1, -0.05) is 61.0 Å². The lowest BCUT2D eigenvalue weighted by Gasteiger charge is -2.14. The minimum absolute atomic E-state index is 0.0580. The molecular weight excluding hydrogens is 546 g/mol. The third-order valence-corrected chi connectivity index (χ3v) is 6.50. The second-order valence-corrected chi connectivity index (χ2v) is 9.85. The first-order chi connectivity index (χ1) is 16.9. The second-order valence-electron chi connectivity index (χ2n) is 7.31. The Morgan fingerprint density at radius 3 is 2.19 bits per heavy atom. The van der Waals surface area contributed by atoms with Gasteiger partial charge in [-0.2, -0.15) is 26.3 Å². The molecule has 0 bridgehead atoms. The highest BCUT2D eigenvalue weighted by molar-refractivity contribution is 8.14. The van der Waals surface area contributed by atoms with E-state index in [1.165, 1.54) is 31.0 Å². The van der Waals surface area contributed by atoms with Gasteiger partial charge in [0.2, 0.25) is 0 Å². The maximum absolute atomic E-state index is 13.3. The fourth-order valence-electron chi connectivity index (χ4n) is 2.81. The minimum atomic E-state index is -4.99. The van der Waals surface area contributed by atoms with Crippen LogP contribution in [0.1, 0.15) is 49.3 Å². The van der Waals surface area contributed by atoms with E-state index in [2.05, 4.69) is 33.5 Å². The molecule has 0 fully saturated rings. The Balaban J connectivity index is 2.43. The van der Waals surface area contributed by atoms with Crippen LogP contribution in [-0.2, 0) is 12.4 Å². The van der Waals surface area contributed by atoms with Crippen LogP contribution in [0, 0.1) is 0 Å². The highest BCUT2D eigenvalue weighted by Crippen LogP contribution is 2.36. The first-order valence-corrected chi connectivity index (χ1v) is 12.9. The summed E-state index contributed by atoms with van der Waals surface area (Å²) in [4.78, 5) is 16.7. The van der Waals surface area contributed by atoms with Gasteiger partial charge in [-0.15, -0.1) is 6.58 Å². The van der Waals surface area contributed by atoms with Crippen LogP contribution in [-0.4, -0.2) is 33.6 Å². The van der Waals surface area contributed by atoms with Crippen LogP contribution in [0.25, 0.3) is 0 Å². The summed E-state index contributed by atoms with van der Waals surface area (Å²) in [6.07, 6.45) is -5.20. The predicted molar refractivity (Wildman–Crippen MR) is 134 cm³/mol. The van der Waals surface area contributed by atoms with Crippen molar-refractivity contribution in [3.63, 3.8) is 0 Å². The summed E-state index contributed by atoms with van der Waals surface area (Å²) in [5.74, 6) is 0.501. The van der Waals surface area contributed by atoms with Gasteiger partial charge in [0.15, 0.2) is 11.0 Å². The van der Waals surface area contributed by atoms with Crippen LogP contribution in [0.15, 0.2) is 57.1 Å². The molecule has 0 spiro atoms. The zero-order chi connectivity index (χ0) is 26.9. The molecule has 4 nitrogen and oxygen atoms in total. The normalized spacial score (nSPS) is 13.2. The number of benzene rings is 1. The van der Waals surface area contributed by atoms with Crippen LogP contribution in [0.2, 0.25) is 5.15 Å². The number of unbranched alkanes of at least 4 members (excludes halogenated alkanes) is 2. The summed E-state index contributed by atoms with van der Waals surface area (Å²) < 4.78 is 79.8. The molecule has 2 aromatic rings. The van der Waals surface area contributed by atoms with Crippen molar-refractivity contribution < 1.29 is 26.3 Å². The smallest absolute Gasteiger partial charge is 0.270 e. The monoisotopic (exact) mass is 568 g/mol. The van der Waals surface area contributed by atoms with Crippen molar-refractivity contribution in [3.8, 4) is 0 Å². The first-order valence-electron chi connectivity index (χ1n) is 10.7. The average Bonchev–Trinajstić information content (AvgIpc) is 2.78. The summed E-state index contributed by atoms with van der Waals surface area (Å²) >= 11 is 8.61. The molecule has 0 saturated heterocycles. The number of halogens is 7. The maximum Gasteiger partial charge on any atom is 0.416 e. The van der Waals surface area contributed by atoms with Crippen molar-refractivity contribution in [2.75, 3.05) is 12.8 Å². The van der Waals surface area contributed by atoms with E-state index in [-0.39, 0.29) is 23.5 Å². The molecule has 0 aliphatic heterocycles. The minimum Gasteiger partial charge on any atom is -0.270 e. The molecule has 0 saturated carbocycles. The Labute approximate surface area is 218 Å².